The minimum atomic E-state index is -0.0995. The van der Waals surface area contributed by atoms with Crippen molar-refractivity contribution in [2.45, 2.75) is 57.3 Å². The van der Waals surface area contributed by atoms with Gasteiger partial charge in [0.05, 0.1) is 24.7 Å². The molecular formula is C24H33NO4. The van der Waals surface area contributed by atoms with Crippen molar-refractivity contribution >= 4 is 5.97 Å². The monoisotopic (exact) mass is 399 g/mol. The molecule has 4 aliphatic rings. The molecule has 1 spiro atoms. The van der Waals surface area contributed by atoms with Gasteiger partial charge in [-0.3, -0.25) is 9.69 Å². The highest BCUT2D eigenvalue weighted by molar-refractivity contribution is 5.75. The maximum absolute atomic E-state index is 12.9. The van der Waals surface area contributed by atoms with Crippen LogP contribution in [0.1, 0.15) is 44.6 Å². The van der Waals surface area contributed by atoms with Gasteiger partial charge in [0.15, 0.2) is 0 Å². The number of hydrogen-bond acceptors (Lipinski definition) is 5. The first-order valence-corrected chi connectivity index (χ1v) is 11.2. The van der Waals surface area contributed by atoms with Gasteiger partial charge < -0.3 is 14.6 Å². The lowest BCUT2D eigenvalue weighted by Crippen LogP contribution is -2.51. The molecule has 5 rings (SSSR count). The molecule has 1 aromatic carbocycles. The van der Waals surface area contributed by atoms with Gasteiger partial charge in [-0.15, -0.1) is 0 Å². The fourth-order valence-corrected chi connectivity index (χ4v) is 6.66. The molecule has 2 aliphatic carbocycles. The highest BCUT2D eigenvalue weighted by Gasteiger charge is 2.65. The van der Waals surface area contributed by atoms with E-state index in [4.69, 9.17) is 9.47 Å². The van der Waals surface area contributed by atoms with E-state index in [-0.39, 0.29) is 41.5 Å². The summed E-state index contributed by atoms with van der Waals surface area (Å²) in [6.45, 7) is 5.37. The molecule has 0 unspecified atom stereocenters. The van der Waals surface area contributed by atoms with Gasteiger partial charge in [-0.2, -0.15) is 0 Å². The van der Waals surface area contributed by atoms with Crippen LogP contribution >= 0.6 is 0 Å². The first kappa shape index (κ1) is 19.5. The zero-order chi connectivity index (χ0) is 20.1. The van der Waals surface area contributed by atoms with Crippen LogP contribution in [0.3, 0.4) is 0 Å². The summed E-state index contributed by atoms with van der Waals surface area (Å²) < 4.78 is 12.0. The lowest BCUT2D eigenvalue weighted by Gasteiger charge is -2.51. The Bertz CT molecular complexity index is 749. The molecular weight excluding hydrogens is 366 g/mol. The standard InChI is InChI=1S/C24H33NO4/c1-23-8-5-9-24(16-28-24)21(23)12-18-19(22(27)29-20(18)13-23)15-25(10-11-26)14-17-6-3-2-4-7-17/h2-4,6-7,18-21,26H,5,8-16H2,1H3/t18-,19+,20+,21+,23+,24+/m0/s1. The summed E-state index contributed by atoms with van der Waals surface area (Å²) in [6, 6.07) is 10.3. The Morgan fingerprint density at radius 1 is 1.24 bits per heavy atom. The quantitative estimate of drug-likeness (QED) is 0.589. The van der Waals surface area contributed by atoms with Gasteiger partial charge in [0, 0.05) is 25.6 Å². The van der Waals surface area contributed by atoms with Crippen LogP contribution in [-0.4, -0.2) is 54.0 Å². The van der Waals surface area contributed by atoms with Gasteiger partial charge in [-0.05, 0) is 49.0 Å². The van der Waals surface area contributed by atoms with E-state index >= 15 is 0 Å². The van der Waals surface area contributed by atoms with Gasteiger partial charge >= 0.3 is 5.97 Å². The van der Waals surface area contributed by atoms with Crippen LogP contribution in [0.5, 0.6) is 0 Å². The molecule has 4 fully saturated rings. The van der Waals surface area contributed by atoms with Crippen LogP contribution in [0.4, 0.5) is 0 Å². The van der Waals surface area contributed by atoms with E-state index in [0.29, 0.717) is 19.0 Å². The average Bonchev–Trinajstić information content (AvgIpc) is 3.40. The zero-order valence-corrected chi connectivity index (χ0v) is 17.4. The molecule has 2 saturated carbocycles. The molecule has 2 saturated heterocycles. The number of benzene rings is 1. The Kier molecular flexibility index (Phi) is 4.96. The number of rotatable bonds is 6. The summed E-state index contributed by atoms with van der Waals surface area (Å²) in [7, 11) is 0. The summed E-state index contributed by atoms with van der Waals surface area (Å²) in [6.07, 6.45) is 5.69. The molecule has 2 heterocycles. The summed E-state index contributed by atoms with van der Waals surface area (Å²) in [5.74, 6) is 0.681. The van der Waals surface area contributed by atoms with E-state index in [2.05, 4.69) is 24.0 Å². The van der Waals surface area contributed by atoms with Crippen molar-refractivity contribution in [3.05, 3.63) is 35.9 Å². The Hall–Kier alpha value is -1.43. The number of epoxide rings is 1. The smallest absolute Gasteiger partial charge is 0.310 e. The van der Waals surface area contributed by atoms with Crippen molar-refractivity contribution in [2.75, 3.05) is 26.3 Å². The Labute approximate surface area is 173 Å². The average molecular weight is 400 g/mol. The third-order valence-electron chi connectivity index (χ3n) is 8.20. The van der Waals surface area contributed by atoms with Crippen molar-refractivity contribution in [1.29, 1.82) is 0 Å². The van der Waals surface area contributed by atoms with Gasteiger partial charge in [-0.25, -0.2) is 0 Å². The molecule has 5 nitrogen and oxygen atoms in total. The van der Waals surface area contributed by atoms with E-state index in [1.54, 1.807) is 0 Å². The Morgan fingerprint density at radius 2 is 2.03 bits per heavy atom. The number of ether oxygens (including phenoxy) is 2. The van der Waals surface area contributed by atoms with E-state index < -0.39 is 0 Å². The molecule has 29 heavy (non-hydrogen) atoms. The van der Waals surface area contributed by atoms with Crippen LogP contribution in [-0.2, 0) is 20.8 Å². The minimum absolute atomic E-state index is 0.0380. The molecule has 0 aromatic heterocycles. The number of carbonyl (C=O) groups is 1. The fourth-order valence-electron chi connectivity index (χ4n) is 6.66. The summed E-state index contributed by atoms with van der Waals surface area (Å²) in [5, 5.41) is 9.58. The predicted molar refractivity (Wildman–Crippen MR) is 109 cm³/mol. The van der Waals surface area contributed by atoms with Gasteiger partial charge in [-0.1, -0.05) is 37.3 Å². The molecule has 2 aliphatic heterocycles. The maximum Gasteiger partial charge on any atom is 0.310 e. The second kappa shape index (κ2) is 7.36. The molecule has 158 valence electrons. The highest BCUT2D eigenvalue weighted by Crippen LogP contribution is 2.62. The fraction of sp³-hybridized carbons (Fsp3) is 0.708. The Morgan fingerprint density at radius 3 is 2.76 bits per heavy atom. The van der Waals surface area contributed by atoms with Crippen LogP contribution in [0, 0.1) is 23.2 Å². The first-order chi connectivity index (χ1) is 14.0. The van der Waals surface area contributed by atoms with Crippen LogP contribution in [0.25, 0.3) is 0 Å². The van der Waals surface area contributed by atoms with Crippen molar-refractivity contribution in [2.24, 2.45) is 23.2 Å². The predicted octanol–water partition coefficient (Wildman–Crippen LogP) is 3.01. The van der Waals surface area contributed by atoms with Crippen molar-refractivity contribution in [3.8, 4) is 0 Å². The van der Waals surface area contributed by atoms with Gasteiger partial charge in [0.25, 0.3) is 0 Å². The third-order valence-corrected chi connectivity index (χ3v) is 8.20. The van der Waals surface area contributed by atoms with E-state index in [1.807, 2.05) is 18.2 Å². The topological polar surface area (TPSA) is 62.3 Å². The first-order valence-electron chi connectivity index (χ1n) is 11.2. The molecule has 1 N–H and O–H groups in total. The van der Waals surface area contributed by atoms with Gasteiger partial charge in [0.2, 0.25) is 0 Å². The van der Waals surface area contributed by atoms with E-state index in [9.17, 15) is 9.90 Å². The second-order valence-corrected chi connectivity index (χ2v) is 10.0. The number of nitrogens with zero attached hydrogens (tertiary/aromatic N) is 1. The molecule has 0 amide bonds. The van der Waals surface area contributed by atoms with E-state index in [0.717, 1.165) is 26.0 Å². The second-order valence-electron chi connectivity index (χ2n) is 10.0. The lowest BCUT2D eigenvalue weighted by atomic mass is 9.53. The van der Waals surface area contributed by atoms with Crippen LogP contribution in [0.15, 0.2) is 30.3 Å². The summed E-state index contributed by atoms with van der Waals surface area (Å²) in [5.41, 5.74) is 1.53. The largest absolute Gasteiger partial charge is 0.462 e. The molecule has 1 aromatic rings. The summed E-state index contributed by atoms with van der Waals surface area (Å²) in [4.78, 5) is 15.1. The van der Waals surface area contributed by atoms with Crippen molar-refractivity contribution in [3.63, 3.8) is 0 Å². The SMILES string of the molecule is C[C@]12CCC[C@@]3(CO3)[C@@H]1C[C@@H]1[C@@H](C2)OC(=O)[C@@H]1CN(CCO)Cc1ccccc1. The highest BCUT2D eigenvalue weighted by atomic mass is 16.6. The minimum Gasteiger partial charge on any atom is -0.462 e. The normalized spacial score (nSPS) is 40.6. The zero-order valence-electron chi connectivity index (χ0n) is 17.4. The van der Waals surface area contributed by atoms with Crippen molar-refractivity contribution < 1.29 is 19.4 Å². The third kappa shape index (κ3) is 3.51. The van der Waals surface area contributed by atoms with Crippen molar-refractivity contribution in [1.82, 2.24) is 4.90 Å². The van der Waals surface area contributed by atoms with Crippen LogP contribution < -0.4 is 0 Å². The summed E-state index contributed by atoms with van der Waals surface area (Å²) >= 11 is 0. The number of fused-ring (bicyclic) bond motifs is 3. The maximum atomic E-state index is 12.9. The van der Waals surface area contributed by atoms with Crippen LogP contribution in [0.2, 0.25) is 0 Å². The number of aliphatic hydroxyl groups excluding tert-OH is 1. The molecule has 0 bridgehead atoms. The number of carbonyl (C=O) groups excluding carboxylic acids is 1. The number of aliphatic hydroxyl groups is 1. The molecule has 6 atom stereocenters. The Balaban J connectivity index is 1.33. The number of hydrogen-bond donors (Lipinski definition) is 1. The number of esters is 1. The molecule has 5 heteroatoms. The van der Waals surface area contributed by atoms with E-state index in [1.165, 1.54) is 24.8 Å². The lowest BCUT2D eigenvalue weighted by molar-refractivity contribution is -0.147. The van der Waals surface area contributed by atoms with Gasteiger partial charge in [0.1, 0.15) is 6.10 Å². The molecule has 0 radical (unpaired) electrons.